The van der Waals surface area contributed by atoms with E-state index in [0.717, 1.165) is 6.42 Å². The van der Waals surface area contributed by atoms with Gasteiger partial charge >= 0.3 is 0 Å². The van der Waals surface area contributed by atoms with Gasteiger partial charge in [0.2, 0.25) is 0 Å². The van der Waals surface area contributed by atoms with Crippen molar-refractivity contribution in [2.24, 2.45) is 5.41 Å². The van der Waals surface area contributed by atoms with Crippen molar-refractivity contribution in [3.8, 4) is 11.8 Å². The summed E-state index contributed by atoms with van der Waals surface area (Å²) in [4.78, 5) is 0. The minimum atomic E-state index is 0.339. The first-order chi connectivity index (χ1) is 5.52. The van der Waals surface area contributed by atoms with E-state index in [-0.39, 0.29) is 0 Å². The van der Waals surface area contributed by atoms with Gasteiger partial charge in [0.1, 0.15) is 0 Å². The molecule has 1 atom stereocenters. The molecule has 1 N–H and O–H groups in total. The van der Waals surface area contributed by atoms with Crippen LogP contribution in [-0.4, -0.2) is 13.1 Å². The average Bonchev–Trinajstić information content (AvgIpc) is 2.00. The summed E-state index contributed by atoms with van der Waals surface area (Å²) in [7, 11) is 2.01. The maximum atomic E-state index is 3.25. The van der Waals surface area contributed by atoms with Crippen LogP contribution in [0.1, 0.15) is 40.5 Å². The Bertz CT molecular complexity index is 171. The summed E-state index contributed by atoms with van der Waals surface area (Å²) in [5.74, 6) is 6.08. The number of hydrogen-bond acceptors (Lipinski definition) is 1. The van der Waals surface area contributed by atoms with Gasteiger partial charge in [-0.15, -0.1) is 11.8 Å². The molecule has 0 aliphatic rings. The average molecular weight is 167 g/mol. The molecular weight excluding hydrogens is 146 g/mol. The lowest BCUT2D eigenvalue weighted by molar-refractivity contribution is 0.303. The van der Waals surface area contributed by atoms with Crippen LogP contribution in [0.2, 0.25) is 0 Å². The molecule has 0 radical (unpaired) electrons. The zero-order valence-electron chi connectivity index (χ0n) is 8.99. The predicted octanol–water partition coefficient (Wildman–Crippen LogP) is 2.42. The second-order valence-corrected chi connectivity index (χ2v) is 4.16. The quantitative estimate of drug-likeness (QED) is 0.634. The van der Waals surface area contributed by atoms with Crippen LogP contribution in [0.5, 0.6) is 0 Å². The SMILES string of the molecule is CC#CCC(C)(C)CC(C)NC. The summed E-state index contributed by atoms with van der Waals surface area (Å²) < 4.78 is 0. The van der Waals surface area contributed by atoms with E-state index in [1.165, 1.54) is 6.42 Å². The molecule has 0 rings (SSSR count). The van der Waals surface area contributed by atoms with Gasteiger partial charge in [0, 0.05) is 12.5 Å². The standard InChI is InChI=1S/C11H21N/c1-6-7-8-11(3,4)9-10(2)12-5/h10,12H,8-9H2,1-5H3. The van der Waals surface area contributed by atoms with E-state index in [2.05, 4.69) is 37.9 Å². The summed E-state index contributed by atoms with van der Waals surface area (Å²) in [6, 6.07) is 0.582. The second kappa shape index (κ2) is 5.22. The summed E-state index contributed by atoms with van der Waals surface area (Å²) in [5, 5.41) is 3.25. The van der Waals surface area contributed by atoms with Gasteiger partial charge in [-0.1, -0.05) is 13.8 Å². The maximum absolute atomic E-state index is 3.25. The van der Waals surface area contributed by atoms with E-state index in [1.54, 1.807) is 0 Å². The molecule has 0 heterocycles. The summed E-state index contributed by atoms with van der Waals surface area (Å²) in [6.07, 6.45) is 2.17. The maximum Gasteiger partial charge on any atom is 0.0140 e. The molecule has 0 aliphatic carbocycles. The molecule has 0 spiro atoms. The first kappa shape index (κ1) is 11.5. The van der Waals surface area contributed by atoms with Crippen LogP contribution in [0.15, 0.2) is 0 Å². The molecule has 0 aromatic rings. The van der Waals surface area contributed by atoms with Gasteiger partial charge in [-0.3, -0.25) is 0 Å². The minimum Gasteiger partial charge on any atom is -0.317 e. The first-order valence-electron chi connectivity index (χ1n) is 4.58. The summed E-state index contributed by atoms with van der Waals surface area (Å²) in [6.45, 7) is 8.65. The van der Waals surface area contributed by atoms with Gasteiger partial charge in [0.25, 0.3) is 0 Å². The molecule has 0 bridgehead atoms. The van der Waals surface area contributed by atoms with E-state index < -0.39 is 0 Å². The van der Waals surface area contributed by atoms with Crippen LogP contribution >= 0.6 is 0 Å². The zero-order valence-corrected chi connectivity index (χ0v) is 8.99. The van der Waals surface area contributed by atoms with Crippen molar-refractivity contribution in [3.05, 3.63) is 0 Å². The van der Waals surface area contributed by atoms with Crippen molar-refractivity contribution in [1.29, 1.82) is 0 Å². The van der Waals surface area contributed by atoms with Gasteiger partial charge in [-0.2, -0.15) is 0 Å². The van der Waals surface area contributed by atoms with Gasteiger partial charge in [0.05, 0.1) is 0 Å². The largest absolute Gasteiger partial charge is 0.317 e. The molecule has 0 aromatic heterocycles. The Morgan fingerprint density at radius 2 is 2.00 bits per heavy atom. The molecule has 0 saturated carbocycles. The molecule has 12 heavy (non-hydrogen) atoms. The molecule has 0 aromatic carbocycles. The fourth-order valence-electron chi connectivity index (χ4n) is 1.33. The van der Waals surface area contributed by atoms with Crippen molar-refractivity contribution in [1.82, 2.24) is 5.32 Å². The van der Waals surface area contributed by atoms with Gasteiger partial charge in [0.15, 0.2) is 0 Å². The smallest absolute Gasteiger partial charge is 0.0140 e. The van der Waals surface area contributed by atoms with E-state index in [1.807, 2.05) is 14.0 Å². The molecule has 0 saturated heterocycles. The molecule has 0 aliphatic heterocycles. The lowest BCUT2D eigenvalue weighted by Gasteiger charge is -2.25. The van der Waals surface area contributed by atoms with Crippen LogP contribution in [0.25, 0.3) is 0 Å². The highest BCUT2D eigenvalue weighted by atomic mass is 14.9. The molecule has 1 heteroatoms. The number of nitrogens with one attached hydrogen (secondary N) is 1. The van der Waals surface area contributed by atoms with Crippen LogP contribution in [0, 0.1) is 17.3 Å². The van der Waals surface area contributed by atoms with Crippen molar-refractivity contribution >= 4 is 0 Å². The lowest BCUT2D eigenvalue weighted by atomic mass is 9.83. The Labute approximate surface area is 76.9 Å². The van der Waals surface area contributed by atoms with E-state index in [0.29, 0.717) is 11.5 Å². The highest BCUT2D eigenvalue weighted by Gasteiger charge is 2.18. The van der Waals surface area contributed by atoms with Crippen LogP contribution in [0.3, 0.4) is 0 Å². The molecule has 1 unspecified atom stereocenters. The Morgan fingerprint density at radius 3 is 2.42 bits per heavy atom. The van der Waals surface area contributed by atoms with Crippen LogP contribution in [0.4, 0.5) is 0 Å². The minimum absolute atomic E-state index is 0.339. The van der Waals surface area contributed by atoms with Crippen LogP contribution in [-0.2, 0) is 0 Å². The first-order valence-corrected chi connectivity index (χ1v) is 4.58. The normalized spacial score (nSPS) is 13.4. The topological polar surface area (TPSA) is 12.0 Å². The highest BCUT2D eigenvalue weighted by molar-refractivity contribution is 4.99. The van der Waals surface area contributed by atoms with Gasteiger partial charge in [-0.25, -0.2) is 0 Å². The van der Waals surface area contributed by atoms with E-state index in [4.69, 9.17) is 0 Å². The lowest BCUT2D eigenvalue weighted by Crippen LogP contribution is -2.28. The third-order valence-corrected chi connectivity index (χ3v) is 2.10. The summed E-state index contributed by atoms with van der Waals surface area (Å²) in [5.41, 5.74) is 0.339. The van der Waals surface area contributed by atoms with Crippen LogP contribution < -0.4 is 5.32 Å². The van der Waals surface area contributed by atoms with Crippen molar-refractivity contribution in [3.63, 3.8) is 0 Å². The van der Waals surface area contributed by atoms with Gasteiger partial charge in [-0.05, 0) is 32.7 Å². The highest BCUT2D eigenvalue weighted by Crippen LogP contribution is 2.25. The second-order valence-electron chi connectivity index (χ2n) is 4.16. The Hall–Kier alpha value is -0.480. The van der Waals surface area contributed by atoms with Crippen molar-refractivity contribution in [2.45, 2.75) is 46.6 Å². The molecular formula is C11H21N. The predicted molar refractivity (Wildman–Crippen MR) is 55.0 cm³/mol. The third kappa shape index (κ3) is 5.21. The molecule has 70 valence electrons. The Kier molecular flexibility index (Phi) is 5.01. The van der Waals surface area contributed by atoms with Crippen molar-refractivity contribution < 1.29 is 0 Å². The fraction of sp³-hybridized carbons (Fsp3) is 0.818. The molecule has 0 amide bonds. The Balaban J connectivity index is 3.91. The molecule has 1 nitrogen and oxygen atoms in total. The van der Waals surface area contributed by atoms with Gasteiger partial charge < -0.3 is 5.32 Å². The van der Waals surface area contributed by atoms with E-state index in [9.17, 15) is 0 Å². The van der Waals surface area contributed by atoms with E-state index >= 15 is 0 Å². The Morgan fingerprint density at radius 1 is 1.42 bits per heavy atom. The summed E-state index contributed by atoms with van der Waals surface area (Å²) >= 11 is 0. The number of rotatable bonds is 4. The zero-order chi connectivity index (χ0) is 9.61. The monoisotopic (exact) mass is 167 g/mol. The van der Waals surface area contributed by atoms with Crippen molar-refractivity contribution in [2.75, 3.05) is 7.05 Å². The number of hydrogen-bond donors (Lipinski definition) is 1. The molecule has 0 fully saturated rings. The fourth-order valence-corrected chi connectivity index (χ4v) is 1.33. The third-order valence-electron chi connectivity index (χ3n) is 2.10.